The van der Waals surface area contributed by atoms with Gasteiger partial charge in [-0.15, -0.1) is 0 Å². The zero-order valence-corrected chi connectivity index (χ0v) is 14.6. The molecule has 3 rings (SSSR count). The minimum atomic E-state index is -3.32. The Hall–Kier alpha value is -1.12. The van der Waals surface area contributed by atoms with E-state index in [1.165, 1.54) is 0 Å². The number of hydrogen-bond donors (Lipinski definition) is 1. The van der Waals surface area contributed by atoms with Crippen LogP contribution in [0.3, 0.4) is 0 Å². The van der Waals surface area contributed by atoms with E-state index < -0.39 is 9.84 Å². The van der Waals surface area contributed by atoms with Crippen LogP contribution < -0.4 is 0 Å². The number of nitrogens with zero attached hydrogens (tertiary/aromatic N) is 1. The summed E-state index contributed by atoms with van der Waals surface area (Å²) in [6.45, 7) is 0. The molecule has 4 nitrogen and oxygen atoms in total. The molecule has 0 aliphatic carbocycles. The van der Waals surface area contributed by atoms with E-state index in [1.54, 1.807) is 24.4 Å². The molecule has 2 aromatic carbocycles. The Balaban J connectivity index is 2.24. The van der Waals surface area contributed by atoms with Crippen molar-refractivity contribution in [3.63, 3.8) is 0 Å². The van der Waals surface area contributed by atoms with Crippen LogP contribution >= 0.6 is 34.2 Å². The van der Waals surface area contributed by atoms with Crippen molar-refractivity contribution in [2.75, 3.05) is 6.26 Å². The van der Waals surface area contributed by atoms with E-state index in [9.17, 15) is 8.42 Å². The summed E-state index contributed by atoms with van der Waals surface area (Å²) in [6.07, 6.45) is 2.90. The number of hydrogen-bond acceptors (Lipinski definition) is 3. The number of rotatable bonds is 2. The van der Waals surface area contributed by atoms with E-state index in [4.69, 9.17) is 11.6 Å². The second kappa shape index (κ2) is 5.26. The first kappa shape index (κ1) is 14.8. The Kier molecular flexibility index (Phi) is 3.71. The van der Waals surface area contributed by atoms with Gasteiger partial charge in [-0.2, -0.15) is 5.10 Å². The van der Waals surface area contributed by atoms with Crippen LogP contribution in [0.15, 0.2) is 41.4 Å². The summed E-state index contributed by atoms with van der Waals surface area (Å²) in [7, 11) is -3.32. The van der Waals surface area contributed by atoms with Gasteiger partial charge >= 0.3 is 0 Å². The monoisotopic (exact) mass is 432 g/mol. The molecule has 0 bridgehead atoms. The van der Waals surface area contributed by atoms with Gasteiger partial charge in [0.15, 0.2) is 9.84 Å². The maximum atomic E-state index is 11.6. The van der Waals surface area contributed by atoms with Crippen LogP contribution in [0.25, 0.3) is 22.0 Å². The molecular formula is C14H10ClIN2O2S. The molecule has 0 aliphatic rings. The standard InChI is InChI=1S/C14H10ClIN2O2S/c1-21(19,20)14-3-2-8(4-12(14)15)10-5-9(16)6-13-11(10)7-17-18-13/h2-7H,1H3,(H,17,18). The topological polar surface area (TPSA) is 62.8 Å². The molecule has 0 aliphatic heterocycles. The van der Waals surface area contributed by atoms with Gasteiger partial charge < -0.3 is 0 Å². The smallest absolute Gasteiger partial charge is 0.176 e. The van der Waals surface area contributed by atoms with Crippen LogP contribution in [0, 0.1) is 3.57 Å². The van der Waals surface area contributed by atoms with Crippen molar-refractivity contribution < 1.29 is 8.42 Å². The van der Waals surface area contributed by atoms with Gasteiger partial charge in [0, 0.05) is 15.2 Å². The molecule has 1 N–H and O–H groups in total. The molecule has 7 heteroatoms. The Labute approximate surface area is 140 Å². The second-order valence-corrected chi connectivity index (χ2v) is 8.34. The minimum absolute atomic E-state index is 0.141. The number of H-pyrrole nitrogens is 1. The van der Waals surface area contributed by atoms with Gasteiger partial charge in [0.1, 0.15) is 0 Å². The van der Waals surface area contributed by atoms with Gasteiger partial charge in [0.25, 0.3) is 0 Å². The van der Waals surface area contributed by atoms with Gasteiger partial charge in [0.2, 0.25) is 0 Å². The third-order valence-electron chi connectivity index (χ3n) is 3.17. The summed E-state index contributed by atoms with van der Waals surface area (Å²) in [5.74, 6) is 0. The molecule has 0 spiro atoms. The Morgan fingerprint density at radius 2 is 2.00 bits per heavy atom. The lowest BCUT2D eigenvalue weighted by molar-refractivity contribution is 0.602. The van der Waals surface area contributed by atoms with Gasteiger partial charge in [-0.1, -0.05) is 17.7 Å². The second-order valence-electron chi connectivity index (χ2n) is 4.70. The van der Waals surface area contributed by atoms with E-state index in [0.717, 1.165) is 31.9 Å². The van der Waals surface area contributed by atoms with Crippen LogP contribution in [0.1, 0.15) is 0 Å². The maximum Gasteiger partial charge on any atom is 0.176 e. The van der Waals surface area contributed by atoms with E-state index in [-0.39, 0.29) is 9.92 Å². The number of aromatic amines is 1. The van der Waals surface area contributed by atoms with E-state index in [0.29, 0.717) is 0 Å². The predicted octanol–water partition coefficient (Wildman–Crippen LogP) is 3.89. The molecule has 0 saturated heterocycles. The summed E-state index contributed by atoms with van der Waals surface area (Å²) in [5.41, 5.74) is 2.75. The van der Waals surface area contributed by atoms with Crippen LogP contribution in [-0.4, -0.2) is 24.9 Å². The van der Waals surface area contributed by atoms with Gasteiger partial charge in [-0.3, -0.25) is 5.10 Å². The molecule has 0 radical (unpaired) electrons. The van der Waals surface area contributed by atoms with Crippen LogP contribution in [0.2, 0.25) is 5.02 Å². The predicted molar refractivity (Wildman–Crippen MR) is 92.4 cm³/mol. The molecule has 0 fully saturated rings. The highest BCUT2D eigenvalue weighted by molar-refractivity contribution is 14.1. The van der Waals surface area contributed by atoms with E-state index >= 15 is 0 Å². The third kappa shape index (κ3) is 2.79. The molecule has 0 atom stereocenters. The van der Waals surface area contributed by atoms with Gasteiger partial charge in [0.05, 0.1) is 21.6 Å². The number of aromatic nitrogens is 2. The number of nitrogens with one attached hydrogen (secondary N) is 1. The molecule has 21 heavy (non-hydrogen) atoms. The van der Waals surface area contributed by atoms with Gasteiger partial charge in [-0.25, -0.2) is 8.42 Å². The molecular weight excluding hydrogens is 423 g/mol. The Morgan fingerprint density at radius 3 is 2.67 bits per heavy atom. The van der Waals surface area contributed by atoms with E-state index in [2.05, 4.69) is 32.8 Å². The largest absolute Gasteiger partial charge is 0.278 e. The first-order chi connectivity index (χ1) is 9.86. The van der Waals surface area contributed by atoms with Crippen molar-refractivity contribution in [2.24, 2.45) is 0 Å². The Morgan fingerprint density at radius 1 is 1.24 bits per heavy atom. The fraction of sp³-hybridized carbons (Fsp3) is 0.0714. The molecule has 0 saturated carbocycles. The molecule has 1 aromatic heterocycles. The van der Waals surface area contributed by atoms with Crippen LogP contribution in [-0.2, 0) is 9.84 Å². The van der Waals surface area contributed by atoms with Crippen LogP contribution in [0.5, 0.6) is 0 Å². The summed E-state index contributed by atoms with van der Waals surface area (Å²) in [5, 5.41) is 8.19. The summed E-state index contributed by atoms with van der Waals surface area (Å²) >= 11 is 8.35. The summed E-state index contributed by atoms with van der Waals surface area (Å²) in [6, 6.07) is 9.00. The molecule has 0 amide bonds. The fourth-order valence-electron chi connectivity index (χ4n) is 2.22. The number of sulfone groups is 1. The zero-order chi connectivity index (χ0) is 15.2. The highest BCUT2D eigenvalue weighted by Gasteiger charge is 2.14. The lowest BCUT2D eigenvalue weighted by Gasteiger charge is -2.08. The average Bonchev–Trinajstić information content (AvgIpc) is 2.83. The number of benzene rings is 2. The normalized spacial score (nSPS) is 12.0. The van der Waals surface area contributed by atoms with Crippen molar-refractivity contribution in [3.05, 3.63) is 45.1 Å². The molecule has 108 valence electrons. The van der Waals surface area contributed by atoms with Crippen molar-refractivity contribution in [2.45, 2.75) is 4.90 Å². The average molecular weight is 433 g/mol. The first-order valence-corrected chi connectivity index (χ1v) is 9.34. The van der Waals surface area contributed by atoms with E-state index in [1.807, 2.05) is 12.1 Å². The maximum absolute atomic E-state index is 11.6. The molecule has 0 unspecified atom stereocenters. The summed E-state index contributed by atoms with van der Waals surface area (Å²) in [4.78, 5) is 0.141. The van der Waals surface area contributed by atoms with Crippen molar-refractivity contribution in [1.82, 2.24) is 10.2 Å². The van der Waals surface area contributed by atoms with Gasteiger partial charge in [-0.05, 0) is 58.0 Å². The fourth-order valence-corrected chi connectivity index (χ4v) is 4.18. The highest BCUT2D eigenvalue weighted by Crippen LogP contribution is 2.33. The SMILES string of the molecule is CS(=O)(=O)c1ccc(-c2cc(I)cc3[nH]ncc23)cc1Cl. The zero-order valence-electron chi connectivity index (χ0n) is 10.9. The third-order valence-corrected chi connectivity index (χ3v) is 5.37. The number of halogens is 2. The molecule has 1 heterocycles. The van der Waals surface area contributed by atoms with Crippen molar-refractivity contribution in [3.8, 4) is 11.1 Å². The lowest BCUT2D eigenvalue weighted by Crippen LogP contribution is -1.98. The lowest BCUT2D eigenvalue weighted by atomic mass is 10.0. The Bertz CT molecular complexity index is 951. The van der Waals surface area contributed by atoms with Crippen molar-refractivity contribution in [1.29, 1.82) is 0 Å². The minimum Gasteiger partial charge on any atom is -0.278 e. The quantitative estimate of drug-likeness (QED) is 0.625. The van der Waals surface area contributed by atoms with Crippen LogP contribution in [0.4, 0.5) is 0 Å². The number of fused-ring (bicyclic) bond motifs is 1. The molecule has 3 aromatic rings. The van der Waals surface area contributed by atoms with Crippen molar-refractivity contribution >= 4 is 54.9 Å². The summed E-state index contributed by atoms with van der Waals surface area (Å²) < 4.78 is 24.3. The first-order valence-electron chi connectivity index (χ1n) is 5.99. The highest BCUT2D eigenvalue weighted by atomic mass is 127.